The number of anilines is 1. The predicted molar refractivity (Wildman–Crippen MR) is 77.1 cm³/mol. The molecule has 0 aromatic heterocycles. The molecule has 3 rings (SSSR count). The van der Waals surface area contributed by atoms with Crippen LogP contribution in [0.3, 0.4) is 0 Å². The zero-order chi connectivity index (χ0) is 14.1. The fourth-order valence-electron chi connectivity index (χ4n) is 3.81. The van der Waals surface area contributed by atoms with Crippen molar-refractivity contribution in [1.82, 2.24) is 0 Å². The Hall–Kier alpha value is -1.78. The van der Waals surface area contributed by atoms with Gasteiger partial charge < -0.3 is 10.1 Å². The van der Waals surface area contributed by atoms with E-state index in [0.29, 0.717) is 5.75 Å². The van der Waals surface area contributed by atoms with Crippen molar-refractivity contribution >= 4 is 11.4 Å². The first-order valence-corrected chi connectivity index (χ1v) is 7.23. The number of methoxy groups -OCH3 is 1. The van der Waals surface area contributed by atoms with Gasteiger partial charge >= 0.3 is 5.69 Å². The summed E-state index contributed by atoms with van der Waals surface area (Å²) in [6.45, 7) is 0.960. The number of nitro benzene ring substituents is 1. The van der Waals surface area contributed by atoms with Crippen molar-refractivity contribution < 1.29 is 9.66 Å². The number of hydrogen-bond donors (Lipinski definition) is 1. The maximum absolute atomic E-state index is 10.9. The Bertz CT molecular complexity index is 518. The van der Waals surface area contributed by atoms with Crippen LogP contribution in [0.2, 0.25) is 0 Å². The first kappa shape index (κ1) is 13.2. The average molecular weight is 276 g/mol. The molecule has 3 unspecified atom stereocenters. The van der Waals surface area contributed by atoms with Gasteiger partial charge in [-0.1, -0.05) is 6.42 Å². The molecule has 5 nitrogen and oxygen atoms in total. The van der Waals surface area contributed by atoms with Crippen LogP contribution in [0.5, 0.6) is 5.75 Å². The highest BCUT2D eigenvalue weighted by Gasteiger charge is 2.39. The zero-order valence-corrected chi connectivity index (χ0v) is 11.7. The van der Waals surface area contributed by atoms with E-state index in [9.17, 15) is 10.1 Å². The van der Waals surface area contributed by atoms with E-state index < -0.39 is 4.92 Å². The van der Waals surface area contributed by atoms with Crippen molar-refractivity contribution in [2.24, 2.45) is 17.8 Å². The molecule has 2 bridgehead atoms. The fourth-order valence-corrected chi connectivity index (χ4v) is 3.81. The molecular formula is C15H20N2O3. The van der Waals surface area contributed by atoms with Gasteiger partial charge in [0, 0.05) is 24.4 Å². The SMILES string of the molecule is COc1cc(NCC2CC3CCC2C3)ccc1[N+](=O)[O-]. The Morgan fingerprint density at radius 3 is 2.85 bits per heavy atom. The molecule has 2 aliphatic carbocycles. The fraction of sp³-hybridized carbons (Fsp3) is 0.600. The second-order valence-electron chi connectivity index (χ2n) is 5.96. The van der Waals surface area contributed by atoms with E-state index in [1.54, 1.807) is 12.1 Å². The van der Waals surface area contributed by atoms with E-state index >= 15 is 0 Å². The van der Waals surface area contributed by atoms with Crippen LogP contribution in [0.15, 0.2) is 18.2 Å². The number of nitrogens with zero attached hydrogens (tertiary/aromatic N) is 1. The average Bonchev–Trinajstić information content (AvgIpc) is 3.07. The summed E-state index contributed by atoms with van der Waals surface area (Å²) in [5.74, 6) is 2.90. The van der Waals surface area contributed by atoms with Crippen molar-refractivity contribution in [3.63, 3.8) is 0 Å². The van der Waals surface area contributed by atoms with Crippen LogP contribution in [0.1, 0.15) is 25.7 Å². The lowest BCUT2D eigenvalue weighted by molar-refractivity contribution is -0.385. The van der Waals surface area contributed by atoms with E-state index in [1.165, 1.54) is 38.9 Å². The molecule has 0 radical (unpaired) electrons. The number of fused-ring (bicyclic) bond motifs is 2. The third-order valence-electron chi connectivity index (χ3n) is 4.83. The maximum Gasteiger partial charge on any atom is 0.311 e. The summed E-state index contributed by atoms with van der Waals surface area (Å²) in [6, 6.07) is 4.97. The molecule has 3 atom stereocenters. The van der Waals surface area contributed by atoms with Gasteiger partial charge in [-0.2, -0.15) is 0 Å². The molecule has 2 aliphatic rings. The molecule has 1 N–H and O–H groups in total. The van der Waals surface area contributed by atoms with Gasteiger partial charge in [-0.25, -0.2) is 0 Å². The minimum absolute atomic E-state index is 0.0120. The molecule has 108 valence electrons. The maximum atomic E-state index is 10.9. The van der Waals surface area contributed by atoms with Crippen LogP contribution in [0.25, 0.3) is 0 Å². The summed E-state index contributed by atoms with van der Waals surface area (Å²) in [4.78, 5) is 10.4. The Morgan fingerprint density at radius 1 is 1.40 bits per heavy atom. The quantitative estimate of drug-likeness (QED) is 0.661. The van der Waals surface area contributed by atoms with E-state index in [4.69, 9.17) is 4.74 Å². The molecule has 2 saturated carbocycles. The largest absolute Gasteiger partial charge is 0.490 e. The van der Waals surface area contributed by atoms with E-state index in [-0.39, 0.29) is 5.69 Å². The molecule has 0 aliphatic heterocycles. The smallest absolute Gasteiger partial charge is 0.311 e. The number of nitro groups is 1. The third kappa shape index (κ3) is 2.44. The highest BCUT2D eigenvalue weighted by atomic mass is 16.6. The monoisotopic (exact) mass is 276 g/mol. The zero-order valence-electron chi connectivity index (χ0n) is 11.7. The normalized spacial score (nSPS) is 27.6. The number of benzene rings is 1. The van der Waals surface area contributed by atoms with E-state index in [2.05, 4.69) is 5.32 Å². The number of rotatable bonds is 5. The van der Waals surface area contributed by atoms with E-state index in [1.807, 2.05) is 0 Å². The standard InChI is InChI=1S/C15H20N2O3/c1-20-15-8-13(4-5-14(15)17(18)19)16-9-12-7-10-2-3-11(12)6-10/h4-5,8,10-12,16H,2-3,6-7,9H2,1H3. The first-order valence-electron chi connectivity index (χ1n) is 7.23. The Kier molecular flexibility index (Phi) is 3.51. The van der Waals surface area contributed by atoms with Crippen molar-refractivity contribution in [2.45, 2.75) is 25.7 Å². The second kappa shape index (κ2) is 5.31. The Balaban J connectivity index is 1.64. The minimum Gasteiger partial charge on any atom is -0.490 e. The van der Waals surface area contributed by atoms with Crippen LogP contribution in [-0.2, 0) is 0 Å². The predicted octanol–water partition coefficient (Wildman–Crippen LogP) is 3.45. The van der Waals surface area contributed by atoms with Crippen LogP contribution in [0, 0.1) is 27.9 Å². The van der Waals surface area contributed by atoms with Gasteiger partial charge in [0.15, 0.2) is 5.75 Å². The highest BCUT2D eigenvalue weighted by Crippen LogP contribution is 2.48. The molecule has 20 heavy (non-hydrogen) atoms. The molecule has 5 heteroatoms. The minimum atomic E-state index is -0.418. The van der Waals surface area contributed by atoms with Gasteiger partial charge in [-0.15, -0.1) is 0 Å². The lowest BCUT2D eigenvalue weighted by Crippen LogP contribution is -2.20. The van der Waals surface area contributed by atoms with Crippen LogP contribution < -0.4 is 10.1 Å². The van der Waals surface area contributed by atoms with Gasteiger partial charge in [-0.05, 0) is 43.1 Å². The number of ether oxygens (including phenoxy) is 1. The summed E-state index contributed by atoms with van der Waals surface area (Å²) in [7, 11) is 1.46. The van der Waals surface area contributed by atoms with Crippen molar-refractivity contribution in [3.05, 3.63) is 28.3 Å². The van der Waals surface area contributed by atoms with Gasteiger partial charge in [0.1, 0.15) is 0 Å². The summed E-state index contributed by atoms with van der Waals surface area (Å²) in [5.41, 5.74) is 0.910. The van der Waals surface area contributed by atoms with Gasteiger partial charge in [0.2, 0.25) is 0 Å². The molecule has 0 spiro atoms. The Labute approximate surface area is 118 Å². The van der Waals surface area contributed by atoms with Gasteiger partial charge in [0.05, 0.1) is 12.0 Å². The van der Waals surface area contributed by atoms with Gasteiger partial charge in [-0.3, -0.25) is 10.1 Å². The molecule has 1 aromatic carbocycles. The molecular weight excluding hydrogens is 256 g/mol. The number of hydrogen-bond acceptors (Lipinski definition) is 4. The number of nitrogens with one attached hydrogen (secondary N) is 1. The summed E-state index contributed by atoms with van der Waals surface area (Å²) < 4.78 is 5.09. The second-order valence-corrected chi connectivity index (χ2v) is 5.96. The van der Waals surface area contributed by atoms with Gasteiger partial charge in [0.25, 0.3) is 0 Å². The molecule has 0 amide bonds. The van der Waals surface area contributed by atoms with Crippen molar-refractivity contribution in [2.75, 3.05) is 19.0 Å². The van der Waals surface area contributed by atoms with E-state index in [0.717, 1.165) is 30.0 Å². The molecule has 2 fully saturated rings. The van der Waals surface area contributed by atoms with Crippen molar-refractivity contribution in [1.29, 1.82) is 0 Å². The summed E-state index contributed by atoms with van der Waals surface area (Å²) >= 11 is 0. The third-order valence-corrected chi connectivity index (χ3v) is 4.83. The molecule has 1 aromatic rings. The highest BCUT2D eigenvalue weighted by molar-refractivity contribution is 5.58. The Morgan fingerprint density at radius 2 is 2.25 bits per heavy atom. The lowest BCUT2D eigenvalue weighted by Gasteiger charge is -2.22. The topological polar surface area (TPSA) is 64.4 Å². The summed E-state index contributed by atoms with van der Waals surface area (Å²) in [6.07, 6.45) is 5.52. The van der Waals surface area contributed by atoms with Crippen LogP contribution in [-0.4, -0.2) is 18.6 Å². The summed E-state index contributed by atoms with van der Waals surface area (Å²) in [5, 5.41) is 14.3. The van der Waals surface area contributed by atoms with Crippen molar-refractivity contribution in [3.8, 4) is 5.75 Å². The molecule has 0 saturated heterocycles. The molecule has 0 heterocycles. The first-order chi connectivity index (χ1) is 9.67. The van der Waals surface area contributed by atoms with Crippen LogP contribution >= 0.6 is 0 Å². The van der Waals surface area contributed by atoms with Crippen LogP contribution in [0.4, 0.5) is 11.4 Å². The lowest BCUT2D eigenvalue weighted by atomic mass is 9.89.